The fourth-order valence-corrected chi connectivity index (χ4v) is 7.04. The molecule has 0 aliphatic carbocycles. The molecule has 0 nitrogen and oxygen atoms in total. The molecule has 0 aliphatic heterocycles. The van der Waals surface area contributed by atoms with Gasteiger partial charge in [0.2, 0.25) is 0 Å². The van der Waals surface area contributed by atoms with E-state index in [-0.39, 0.29) is 42.4 Å². The van der Waals surface area contributed by atoms with Gasteiger partial charge in [0, 0.05) is 0 Å². The zero-order valence-electron chi connectivity index (χ0n) is 14.1. The maximum absolute atomic E-state index is 2.29. The van der Waals surface area contributed by atoms with Crippen molar-refractivity contribution in [3.8, 4) is 11.1 Å². The Kier molecular flexibility index (Phi) is 6.02. The summed E-state index contributed by atoms with van der Waals surface area (Å²) in [6.45, 7) is 0. The van der Waals surface area contributed by atoms with Crippen LogP contribution in [0.1, 0.15) is 0 Å². The first-order valence-electron chi connectivity index (χ1n) is 8.47. The molecule has 26 heavy (non-hydrogen) atoms. The van der Waals surface area contributed by atoms with Gasteiger partial charge in [-0.15, -0.1) is 0 Å². The SMILES string of the molecule is c1ccc([I-]c2ccc(-c3ccc([I-]c4ccccc4)cc3)cc2)cc1. The molecule has 130 valence electrons. The summed E-state index contributed by atoms with van der Waals surface area (Å²) < 4.78 is 5.86. The number of benzene rings is 4. The van der Waals surface area contributed by atoms with Crippen LogP contribution in [-0.4, -0.2) is 0 Å². The molecule has 0 radical (unpaired) electrons. The standard InChI is InChI=1S/C24H18I2/c1-3-7-21(8-4-1)25-23-15-11-19(12-16-23)20-13-17-24(18-14-20)26-22-9-5-2-6-10-22/h1-18H/q-2. The first kappa shape index (κ1) is 17.7. The summed E-state index contributed by atoms with van der Waals surface area (Å²) >= 11 is -0.168. The molecule has 0 aromatic heterocycles. The average Bonchev–Trinajstić information content (AvgIpc) is 2.71. The Morgan fingerprint density at radius 2 is 0.615 bits per heavy atom. The van der Waals surface area contributed by atoms with Crippen molar-refractivity contribution in [1.82, 2.24) is 0 Å². The van der Waals surface area contributed by atoms with Gasteiger partial charge in [-0.2, -0.15) is 0 Å². The third-order valence-corrected chi connectivity index (χ3v) is 9.29. The van der Waals surface area contributed by atoms with Crippen molar-refractivity contribution < 1.29 is 42.4 Å². The van der Waals surface area contributed by atoms with Crippen molar-refractivity contribution in [3.05, 3.63) is 123 Å². The number of hydrogen-bond donors (Lipinski definition) is 0. The van der Waals surface area contributed by atoms with Gasteiger partial charge < -0.3 is 0 Å². The molecule has 0 saturated carbocycles. The molecule has 0 unspecified atom stereocenters. The molecule has 2 heteroatoms. The van der Waals surface area contributed by atoms with Gasteiger partial charge >= 0.3 is 177 Å². The second kappa shape index (κ2) is 8.82. The fraction of sp³-hybridized carbons (Fsp3) is 0. The van der Waals surface area contributed by atoms with Crippen molar-refractivity contribution in [2.75, 3.05) is 0 Å². The Hall–Kier alpha value is -1.66. The van der Waals surface area contributed by atoms with Gasteiger partial charge in [0.25, 0.3) is 0 Å². The van der Waals surface area contributed by atoms with E-state index in [1.54, 1.807) is 0 Å². The first-order valence-corrected chi connectivity index (χ1v) is 12.8. The second-order valence-corrected chi connectivity index (χ2v) is 11.9. The van der Waals surface area contributed by atoms with E-state index in [0.717, 1.165) is 0 Å². The molecule has 0 bridgehead atoms. The summed E-state index contributed by atoms with van der Waals surface area (Å²) in [4.78, 5) is 0. The van der Waals surface area contributed by atoms with Crippen LogP contribution < -0.4 is 42.4 Å². The number of halogens is 2. The van der Waals surface area contributed by atoms with Crippen LogP contribution in [0.5, 0.6) is 0 Å². The van der Waals surface area contributed by atoms with E-state index in [1.165, 1.54) is 25.4 Å². The minimum atomic E-state index is -0.0841. The summed E-state index contributed by atoms with van der Waals surface area (Å²) in [5.74, 6) is 0. The zero-order chi connectivity index (χ0) is 17.6. The van der Waals surface area contributed by atoms with Crippen molar-refractivity contribution >= 4 is 0 Å². The molecule has 0 N–H and O–H groups in total. The Bertz CT molecular complexity index is 861. The van der Waals surface area contributed by atoms with Crippen LogP contribution in [0.3, 0.4) is 0 Å². The second-order valence-electron chi connectivity index (χ2n) is 5.79. The van der Waals surface area contributed by atoms with Gasteiger partial charge in [-0.1, -0.05) is 0 Å². The zero-order valence-corrected chi connectivity index (χ0v) is 18.5. The van der Waals surface area contributed by atoms with Crippen LogP contribution in [0.15, 0.2) is 109 Å². The van der Waals surface area contributed by atoms with Gasteiger partial charge in [-0.05, 0) is 0 Å². The van der Waals surface area contributed by atoms with Crippen LogP contribution in [0.4, 0.5) is 0 Å². The Labute approximate surface area is 175 Å². The van der Waals surface area contributed by atoms with E-state index < -0.39 is 0 Å². The normalized spacial score (nSPS) is 10.9. The monoisotopic (exact) mass is 560 g/mol. The third-order valence-electron chi connectivity index (χ3n) is 3.92. The van der Waals surface area contributed by atoms with Crippen molar-refractivity contribution in [3.63, 3.8) is 0 Å². The van der Waals surface area contributed by atoms with Gasteiger partial charge in [-0.3, -0.25) is 0 Å². The first-order chi connectivity index (χ1) is 12.9. The molecule has 0 aliphatic rings. The van der Waals surface area contributed by atoms with Gasteiger partial charge in [0.1, 0.15) is 0 Å². The van der Waals surface area contributed by atoms with E-state index in [0.29, 0.717) is 0 Å². The van der Waals surface area contributed by atoms with E-state index in [4.69, 9.17) is 0 Å². The molecule has 4 aromatic rings. The molecule has 0 saturated heterocycles. The molecule has 4 aromatic carbocycles. The topological polar surface area (TPSA) is 0 Å². The molecular weight excluding hydrogens is 542 g/mol. The summed E-state index contributed by atoms with van der Waals surface area (Å²) in [6.07, 6.45) is 0. The molecule has 0 spiro atoms. The van der Waals surface area contributed by atoms with Crippen LogP contribution in [0.25, 0.3) is 11.1 Å². The fourth-order valence-electron chi connectivity index (χ4n) is 2.62. The van der Waals surface area contributed by atoms with E-state index in [9.17, 15) is 0 Å². The van der Waals surface area contributed by atoms with Crippen molar-refractivity contribution in [2.24, 2.45) is 0 Å². The Morgan fingerprint density at radius 3 is 0.962 bits per heavy atom. The van der Waals surface area contributed by atoms with Crippen LogP contribution in [-0.2, 0) is 0 Å². The van der Waals surface area contributed by atoms with E-state index in [2.05, 4.69) is 109 Å². The minimum absolute atomic E-state index is 0.0841. The Morgan fingerprint density at radius 1 is 0.308 bits per heavy atom. The molecule has 0 fully saturated rings. The summed E-state index contributed by atoms with van der Waals surface area (Å²) in [5, 5.41) is 0. The Balaban J connectivity index is 1.45. The molecule has 0 amide bonds. The molecule has 4 rings (SSSR count). The van der Waals surface area contributed by atoms with Gasteiger partial charge in [0.05, 0.1) is 0 Å². The van der Waals surface area contributed by atoms with E-state index >= 15 is 0 Å². The van der Waals surface area contributed by atoms with Gasteiger partial charge in [-0.25, -0.2) is 0 Å². The van der Waals surface area contributed by atoms with Gasteiger partial charge in [0.15, 0.2) is 0 Å². The maximum atomic E-state index is 2.29. The summed E-state index contributed by atoms with van der Waals surface area (Å²) in [7, 11) is 0. The summed E-state index contributed by atoms with van der Waals surface area (Å²) in [5.41, 5.74) is 2.60. The average molecular weight is 560 g/mol. The molecule has 0 atom stereocenters. The van der Waals surface area contributed by atoms with Crippen LogP contribution in [0.2, 0.25) is 0 Å². The van der Waals surface area contributed by atoms with E-state index in [1.807, 2.05) is 0 Å². The molecule has 0 heterocycles. The third kappa shape index (κ3) is 4.74. The van der Waals surface area contributed by atoms with Crippen LogP contribution in [0, 0.1) is 14.3 Å². The quantitative estimate of drug-likeness (QED) is 0.292. The predicted octanol–water partition coefficient (Wildman–Crippen LogP) is -0.390. The summed E-state index contributed by atoms with van der Waals surface area (Å²) in [6, 6.07) is 39.8. The molecular formula is C24H18I2-2. The van der Waals surface area contributed by atoms with Crippen LogP contribution >= 0.6 is 0 Å². The predicted molar refractivity (Wildman–Crippen MR) is 99.6 cm³/mol. The van der Waals surface area contributed by atoms with Crippen molar-refractivity contribution in [2.45, 2.75) is 0 Å². The number of rotatable bonds is 5. The van der Waals surface area contributed by atoms with Crippen molar-refractivity contribution in [1.29, 1.82) is 0 Å². The number of hydrogen-bond acceptors (Lipinski definition) is 0.